The van der Waals surface area contributed by atoms with E-state index in [0.717, 1.165) is 71.0 Å². The molecule has 210 valence electrons. The Hall–Kier alpha value is -0.120. The van der Waals surface area contributed by atoms with Gasteiger partial charge in [-0.2, -0.15) is 0 Å². The van der Waals surface area contributed by atoms with Gasteiger partial charge in [0.05, 0.1) is 0 Å². The summed E-state index contributed by atoms with van der Waals surface area (Å²) in [5.74, 6) is 11.2. The second kappa shape index (κ2) is 12.4. The smallest absolute Gasteiger partial charge is 0.00700 e. The minimum Gasteiger partial charge on any atom is -0.327 e. The Balaban J connectivity index is 0.000000127. The van der Waals surface area contributed by atoms with Gasteiger partial charge < -0.3 is 17.2 Å². The predicted octanol–water partition coefficient (Wildman–Crippen LogP) is 7.22. The molecule has 6 rings (SSSR count). The molecule has 12 atom stereocenters. The SMILES string of the molecule is CC(C)C1CC2CCC(N)C2C1.CC(C)C1CC2CC[C@@H](N)C2C1.CC(C)C1CC2CC[C@H](N)C2C1. The van der Waals surface area contributed by atoms with Crippen LogP contribution in [0, 0.1) is 71.0 Å². The van der Waals surface area contributed by atoms with E-state index < -0.39 is 0 Å². The fourth-order valence-corrected chi connectivity index (χ4v) is 9.67. The van der Waals surface area contributed by atoms with Crippen LogP contribution < -0.4 is 17.2 Å². The van der Waals surface area contributed by atoms with Crippen molar-refractivity contribution in [1.82, 2.24) is 0 Å². The molecule has 6 aliphatic carbocycles. The fourth-order valence-electron chi connectivity index (χ4n) is 9.67. The highest BCUT2D eigenvalue weighted by Crippen LogP contribution is 2.50. The first-order chi connectivity index (χ1) is 17.0. The Bertz CT molecular complexity index is 584. The molecular formula is C33H63N3. The van der Waals surface area contributed by atoms with Gasteiger partial charge in [-0.1, -0.05) is 41.5 Å². The zero-order valence-electron chi connectivity index (χ0n) is 24.9. The molecule has 0 saturated heterocycles. The predicted molar refractivity (Wildman–Crippen MR) is 155 cm³/mol. The zero-order valence-corrected chi connectivity index (χ0v) is 24.9. The average Bonchev–Trinajstić information content (AvgIpc) is 3.63. The topological polar surface area (TPSA) is 78.1 Å². The lowest BCUT2D eigenvalue weighted by Gasteiger charge is -2.16. The van der Waals surface area contributed by atoms with E-state index in [2.05, 4.69) is 41.5 Å². The standard InChI is InChI=1S/3C11H21N/c3*1-7(2)9-5-8-3-4-11(12)10(8)6-9/h3*7-11H,3-6,12H2,1-2H3/t2*8?,9?,10?,11-;/m10./s1. The highest BCUT2D eigenvalue weighted by atomic mass is 14.7. The van der Waals surface area contributed by atoms with E-state index in [1.165, 1.54) is 77.0 Å². The first-order valence-corrected chi connectivity index (χ1v) is 16.3. The Morgan fingerprint density at radius 1 is 0.389 bits per heavy atom. The van der Waals surface area contributed by atoms with Gasteiger partial charge in [-0.05, 0) is 148 Å². The van der Waals surface area contributed by atoms with Gasteiger partial charge in [0.15, 0.2) is 0 Å². The van der Waals surface area contributed by atoms with Crippen molar-refractivity contribution in [2.24, 2.45) is 88.2 Å². The third-order valence-electron chi connectivity index (χ3n) is 12.4. The van der Waals surface area contributed by atoms with Crippen molar-refractivity contribution >= 4 is 0 Å². The molecule has 10 unspecified atom stereocenters. The Labute approximate surface area is 224 Å². The second-order valence-corrected chi connectivity index (χ2v) is 15.4. The van der Waals surface area contributed by atoms with Crippen molar-refractivity contribution in [3.8, 4) is 0 Å². The van der Waals surface area contributed by atoms with Crippen molar-refractivity contribution in [2.75, 3.05) is 0 Å². The minimum absolute atomic E-state index is 0.541. The molecule has 0 bridgehead atoms. The van der Waals surface area contributed by atoms with E-state index in [1.54, 1.807) is 0 Å². The molecule has 6 fully saturated rings. The summed E-state index contributed by atoms with van der Waals surface area (Å²) in [4.78, 5) is 0. The Morgan fingerprint density at radius 3 is 0.833 bits per heavy atom. The summed E-state index contributed by atoms with van der Waals surface area (Å²) in [5, 5.41) is 0. The lowest BCUT2D eigenvalue weighted by atomic mass is 9.91. The van der Waals surface area contributed by atoms with Gasteiger partial charge in [-0.3, -0.25) is 0 Å². The van der Waals surface area contributed by atoms with Gasteiger partial charge in [0.25, 0.3) is 0 Å². The van der Waals surface area contributed by atoms with E-state index in [0.29, 0.717) is 18.1 Å². The van der Waals surface area contributed by atoms with Crippen LogP contribution in [0.3, 0.4) is 0 Å². The number of fused-ring (bicyclic) bond motifs is 3. The molecule has 6 aliphatic rings. The summed E-state index contributed by atoms with van der Waals surface area (Å²) >= 11 is 0. The maximum atomic E-state index is 6.08. The quantitative estimate of drug-likeness (QED) is 0.382. The minimum atomic E-state index is 0.541. The highest BCUT2D eigenvalue weighted by Gasteiger charge is 2.44. The van der Waals surface area contributed by atoms with E-state index >= 15 is 0 Å². The Morgan fingerprint density at radius 2 is 0.639 bits per heavy atom. The van der Waals surface area contributed by atoms with Crippen molar-refractivity contribution in [3.05, 3.63) is 0 Å². The summed E-state index contributed by atoms with van der Waals surface area (Å²) in [5.41, 5.74) is 18.2. The molecule has 0 aromatic carbocycles. The lowest BCUT2D eigenvalue weighted by molar-refractivity contribution is 0.358. The molecule has 0 heterocycles. The van der Waals surface area contributed by atoms with Gasteiger partial charge in [-0.25, -0.2) is 0 Å². The van der Waals surface area contributed by atoms with Crippen molar-refractivity contribution in [1.29, 1.82) is 0 Å². The highest BCUT2D eigenvalue weighted by molar-refractivity contribution is 4.97. The van der Waals surface area contributed by atoms with Crippen molar-refractivity contribution in [3.63, 3.8) is 0 Å². The number of hydrogen-bond donors (Lipinski definition) is 3. The molecule has 3 heteroatoms. The summed E-state index contributed by atoms with van der Waals surface area (Å²) < 4.78 is 0. The van der Waals surface area contributed by atoms with Crippen LogP contribution in [-0.4, -0.2) is 18.1 Å². The number of nitrogens with two attached hydrogens (primary N) is 3. The van der Waals surface area contributed by atoms with Crippen molar-refractivity contribution < 1.29 is 0 Å². The van der Waals surface area contributed by atoms with Gasteiger partial charge >= 0.3 is 0 Å². The molecule has 0 aromatic heterocycles. The molecule has 36 heavy (non-hydrogen) atoms. The van der Waals surface area contributed by atoms with E-state index in [4.69, 9.17) is 17.2 Å². The van der Waals surface area contributed by atoms with Gasteiger partial charge in [0.2, 0.25) is 0 Å². The average molecular weight is 502 g/mol. The molecule has 0 aliphatic heterocycles. The van der Waals surface area contributed by atoms with Crippen LogP contribution in [0.25, 0.3) is 0 Å². The summed E-state index contributed by atoms with van der Waals surface area (Å²) in [6.45, 7) is 14.2. The van der Waals surface area contributed by atoms with Crippen LogP contribution in [0.2, 0.25) is 0 Å². The molecule has 0 radical (unpaired) electrons. The maximum absolute atomic E-state index is 6.08. The third kappa shape index (κ3) is 6.53. The molecule has 3 nitrogen and oxygen atoms in total. The third-order valence-corrected chi connectivity index (χ3v) is 12.4. The first-order valence-electron chi connectivity index (χ1n) is 16.3. The van der Waals surface area contributed by atoms with Crippen LogP contribution >= 0.6 is 0 Å². The van der Waals surface area contributed by atoms with Crippen LogP contribution in [0.5, 0.6) is 0 Å². The van der Waals surface area contributed by atoms with Gasteiger partial charge in [-0.15, -0.1) is 0 Å². The van der Waals surface area contributed by atoms with Crippen LogP contribution in [0.15, 0.2) is 0 Å². The summed E-state index contributed by atoms with van der Waals surface area (Å²) in [7, 11) is 0. The monoisotopic (exact) mass is 502 g/mol. The summed E-state index contributed by atoms with van der Waals surface area (Å²) in [6, 6.07) is 1.62. The van der Waals surface area contributed by atoms with Crippen LogP contribution in [0.1, 0.15) is 119 Å². The molecule has 0 spiro atoms. The van der Waals surface area contributed by atoms with Gasteiger partial charge in [0.1, 0.15) is 0 Å². The van der Waals surface area contributed by atoms with Crippen molar-refractivity contribution in [2.45, 2.75) is 137 Å². The fraction of sp³-hybridized carbons (Fsp3) is 1.00. The van der Waals surface area contributed by atoms with Gasteiger partial charge in [0, 0.05) is 18.1 Å². The lowest BCUT2D eigenvalue weighted by Crippen LogP contribution is -2.25. The zero-order chi connectivity index (χ0) is 26.1. The van der Waals surface area contributed by atoms with E-state index in [-0.39, 0.29) is 0 Å². The second-order valence-electron chi connectivity index (χ2n) is 15.4. The molecular weight excluding hydrogens is 438 g/mol. The molecule has 6 saturated carbocycles. The van der Waals surface area contributed by atoms with Crippen LogP contribution in [0.4, 0.5) is 0 Å². The number of rotatable bonds is 3. The molecule has 0 aromatic rings. The van der Waals surface area contributed by atoms with E-state index in [9.17, 15) is 0 Å². The Kier molecular flexibility index (Phi) is 9.93. The summed E-state index contributed by atoms with van der Waals surface area (Å²) in [6.07, 6.45) is 16.8. The molecule has 6 N–H and O–H groups in total. The number of hydrogen-bond acceptors (Lipinski definition) is 3. The first kappa shape index (κ1) is 28.9. The van der Waals surface area contributed by atoms with Crippen LogP contribution in [-0.2, 0) is 0 Å². The maximum Gasteiger partial charge on any atom is 0.00700 e. The largest absolute Gasteiger partial charge is 0.327 e. The molecule has 0 amide bonds. The normalized spacial score (nSPS) is 47.0. The van der Waals surface area contributed by atoms with E-state index in [1.807, 2.05) is 0 Å².